The van der Waals surface area contributed by atoms with Crippen LogP contribution in [0.5, 0.6) is 5.75 Å². The van der Waals surface area contributed by atoms with E-state index >= 15 is 0 Å². The van der Waals surface area contributed by atoms with Crippen LogP contribution in [0.25, 0.3) is 0 Å². The molecule has 0 radical (unpaired) electrons. The molecule has 0 saturated heterocycles. The molecule has 1 N–H and O–H groups in total. The maximum Gasteiger partial charge on any atom is 0.134 e. The minimum atomic E-state index is 0.190. The van der Waals surface area contributed by atoms with Crippen LogP contribution in [0.3, 0.4) is 0 Å². The molecule has 1 rings (SSSR count). The summed E-state index contributed by atoms with van der Waals surface area (Å²) in [7, 11) is 1.98. The van der Waals surface area contributed by atoms with Crippen molar-refractivity contribution in [1.82, 2.24) is 5.32 Å². The molecule has 3 heteroatoms. The van der Waals surface area contributed by atoms with E-state index in [1.54, 1.807) is 6.92 Å². The van der Waals surface area contributed by atoms with Crippen LogP contribution in [0.4, 0.5) is 0 Å². The third-order valence-electron chi connectivity index (χ3n) is 2.97. The second-order valence-electron chi connectivity index (χ2n) is 4.89. The van der Waals surface area contributed by atoms with Gasteiger partial charge in [0.25, 0.3) is 0 Å². The van der Waals surface area contributed by atoms with E-state index in [1.807, 2.05) is 31.3 Å². The molecule has 0 unspecified atom stereocenters. The van der Waals surface area contributed by atoms with Gasteiger partial charge in [0.15, 0.2) is 0 Å². The summed E-state index contributed by atoms with van der Waals surface area (Å²) in [6.45, 7) is 3.47. The van der Waals surface area contributed by atoms with Crippen LogP contribution < -0.4 is 10.1 Å². The summed E-state index contributed by atoms with van der Waals surface area (Å²) in [5.74, 6) is 1.08. The predicted molar refractivity (Wildman–Crippen MR) is 78.7 cm³/mol. The van der Waals surface area contributed by atoms with Crippen LogP contribution in [0.15, 0.2) is 24.3 Å². The van der Waals surface area contributed by atoms with E-state index in [-0.39, 0.29) is 5.78 Å². The lowest BCUT2D eigenvalue weighted by Crippen LogP contribution is -2.07. The molecule has 0 aliphatic carbocycles. The molecule has 1 aromatic rings. The summed E-state index contributed by atoms with van der Waals surface area (Å²) in [6, 6.07) is 7.81. The highest BCUT2D eigenvalue weighted by atomic mass is 16.5. The first-order valence-corrected chi connectivity index (χ1v) is 7.08. The fourth-order valence-electron chi connectivity index (χ4n) is 1.94. The first-order valence-electron chi connectivity index (χ1n) is 7.08. The normalized spacial score (nSPS) is 10.4. The summed E-state index contributed by atoms with van der Waals surface area (Å²) in [6.07, 6.45) is 5.30. The molecule has 0 aliphatic rings. The molecular weight excluding hydrogens is 238 g/mol. The summed E-state index contributed by atoms with van der Waals surface area (Å²) < 4.78 is 5.67. The Labute approximate surface area is 116 Å². The van der Waals surface area contributed by atoms with Gasteiger partial charge in [-0.25, -0.2) is 0 Å². The third kappa shape index (κ3) is 7.62. The van der Waals surface area contributed by atoms with Gasteiger partial charge in [-0.05, 0) is 51.1 Å². The quantitative estimate of drug-likeness (QED) is 0.660. The van der Waals surface area contributed by atoms with Crippen molar-refractivity contribution in [2.75, 3.05) is 20.2 Å². The van der Waals surface area contributed by atoms with Gasteiger partial charge in [0.2, 0.25) is 0 Å². The van der Waals surface area contributed by atoms with Crippen molar-refractivity contribution >= 4 is 5.78 Å². The Morgan fingerprint density at radius 3 is 2.42 bits per heavy atom. The molecule has 0 heterocycles. The first-order chi connectivity index (χ1) is 9.22. The second kappa shape index (κ2) is 9.56. The minimum absolute atomic E-state index is 0.190. The molecule has 19 heavy (non-hydrogen) atoms. The van der Waals surface area contributed by atoms with Gasteiger partial charge >= 0.3 is 0 Å². The molecule has 0 aliphatic heterocycles. The van der Waals surface area contributed by atoms with Crippen molar-refractivity contribution in [3.05, 3.63) is 29.8 Å². The van der Waals surface area contributed by atoms with Crippen LogP contribution in [0, 0.1) is 0 Å². The summed E-state index contributed by atoms with van der Waals surface area (Å²) in [4.78, 5) is 11.0. The smallest absolute Gasteiger partial charge is 0.134 e. The van der Waals surface area contributed by atoms with Gasteiger partial charge in [0.05, 0.1) is 6.61 Å². The van der Waals surface area contributed by atoms with E-state index in [1.165, 1.54) is 19.3 Å². The highest BCUT2D eigenvalue weighted by Gasteiger charge is 1.98. The molecule has 0 spiro atoms. The van der Waals surface area contributed by atoms with E-state index in [9.17, 15) is 4.79 Å². The largest absolute Gasteiger partial charge is 0.494 e. The lowest BCUT2D eigenvalue weighted by molar-refractivity contribution is -0.116. The van der Waals surface area contributed by atoms with Crippen molar-refractivity contribution in [1.29, 1.82) is 0 Å². The highest BCUT2D eigenvalue weighted by molar-refractivity contribution is 5.78. The van der Waals surface area contributed by atoms with Crippen LogP contribution >= 0.6 is 0 Å². The number of carbonyl (C=O) groups is 1. The standard InChI is InChI=1S/C16H25NO2/c1-14(18)13-15-7-9-16(10-8-15)19-12-6-4-3-5-11-17-2/h7-10,17H,3-6,11-13H2,1-2H3. The Kier molecular flexibility index (Phi) is 7.91. The monoisotopic (exact) mass is 263 g/mol. The van der Waals surface area contributed by atoms with Crippen molar-refractivity contribution in [2.24, 2.45) is 0 Å². The zero-order chi connectivity index (χ0) is 13.9. The fraction of sp³-hybridized carbons (Fsp3) is 0.562. The zero-order valence-electron chi connectivity index (χ0n) is 12.1. The van der Waals surface area contributed by atoms with E-state index in [0.717, 1.165) is 30.9 Å². The number of nitrogens with one attached hydrogen (secondary N) is 1. The lowest BCUT2D eigenvalue weighted by Gasteiger charge is -2.07. The number of ether oxygens (including phenoxy) is 1. The number of carbonyl (C=O) groups excluding carboxylic acids is 1. The van der Waals surface area contributed by atoms with Crippen molar-refractivity contribution in [3.8, 4) is 5.75 Å². The SMILES string of the molecule is CNCCCCCCOc1ccc(CC(C)=O)cc1. The van der Waals surface area contributed by atoms with Crippen LogP contribution in [0.2, 0.25) is 0 Å². The molecule has 0 saturated carbocycles. The second-order valence-corrected chi connectivity index (χ2v) is 4.89. The lowest BCUT2D eigenvalue weighted by atomic mass is 10.1. The van der Waals surface area contributed by atoms with Gasteiger partial charge in [0, 0.05) is 6.42 Å². The van der Waals surface area contributed by atoms with Crippen LogP contribution in [-0.4, -0.2) is 26.0 Å². The zero-order valence-corrected chi connectivity index (χ0v) is 12.1. The van der Waals surface area contributed by atoms with Gasteiger partial charge in [-0.2, -0.15) is 0 Å². The van der Waals surface area contributed by atoms with Crippen LogP contribution in [-0.2, 0) is 11.2 Å². The minimum Gasteiger partial charge on any atom is -0.494 e. The maximum atomic E-state index is 11.0. The number of rotatable bonds is 10. The van der Waals surface area contributed by atoms with E-state index in [4.69, 9.17) is 4.74 Å². The van der Waals surface area contributed by atoms with Gasteiger partial charge in [-0.1, -0.05) is 25.0 Å². The Morgan fingerprint density at radius 2 is 1.79 bits per heavy atom. The molecule has 0 bridgehead atoms. The van der Waals surface area contributed by atoms with Crippen molar-refractivity contribution in [3.63, 3.8) is 0 Å². The fourth-order valence-corrected chi connectivity index (χ4v) is 1.94. The molecule has 1 aromatic carbocycles. The number of hydrogen-bond acceptors (Lipinski definition) is 3. The van der Waals surface area contributed by atoms with Gasteiger partial charge < -0.3 is 10.1 Å². The summed E-state index contributed by atoms with van der Waals surface area (Å²) in [5.41, 5.74) is 1.05. The molecule has 0 fully saturated rings. The number of benzene rings is 1. The summed E-state index contributed by atoms with van der Waals surface area (Å²) >= 11 is 0. The number of unbranched alkanes of at least 4 members (excludes halogenated alkanes) is 3. The number of Topliss-reactive ketones (excluding diaryl/α,β-unsaturated/α-hetero) is 1. The van der Waals surface area contributed by atoms with Crippen molar-refractivity contribution in [2.45, 2.75) is 39.0 Å². The maximum absolute atomic E-state index is 11.0. The van der Waals surface area contributed by atoms with Gasteiger partial charge in [-0.15, -0.1) is 0 Å². The average molecular weight is 263 g/mol. The molecule has 0 atom stereocenters. The average Bonchev–Trinajstić information content (AvgIpc) is 2.39. The number of ketones is 1. The predicted octanol–water partition coefficient (Wildman–Crippen LogP) is 2.98. The molecular formula is C16H25NO2. The Balaban J connectivity index is 2.14. The topological polar surface area (TPSA) is 38.3 Å². The first kappa shape index (κ1) is 15.7. The third-order valence-corrected chi connectivity index (χ3v) is 2.97. The Bertz CT molecular complexity index is 360. The molecule has 3 nitrogen and oxygen atoms in total. The van der Waals surface area contributed by atoms with Crippen molar-refractivity contribution < 1.29 is 9.53 Å². The molecule has 106 valence electrons. The van der Waals surface area contributed by atoms with Crippen LogP contribution in [0.1, 0.15) is 38.2 Å². The number of hydrogen-bond donors (Lipinski definition) is 1. The highest BCUT2D eigenvalue weighted by Crippen LogP contribution is 2.13. The summed E-state index contributed by atoms with van der Waals surface area (Å²) in [5, 5.41) is 3.15. The Morgan fingerprint density at radius 1 is 1.11 bits per heavy atom. The van der Waals surface area contributed by atoms with E-state index < -0.39 is 0 Å². The molecule has 0 amide bonds. The van der Waals surface area contributed by atoms with E-state index in [0.29, 0.717) is 6.42 Å². The molecule has 0 aromatic heterocycles. The van der Waals surface area contributed by atoms with Gasteiger partial charge in [-0.3, -0.25) is 4.79 Å². The Hall–Kier alpha value is -1.35. The van der Waals surface area contributed by atoms with E-state index in [2.05, 4.69) is 5.32 Å². The van der Waals surface area contributed by atoms with Gasteiger partial charge in [0.1, 0.15) is 11.5 Å².